The second kappa shape index (κ2) is 8.77. The van der Waals surface area contributed by atoms with Crippen molar-refractivity contribution in [3.63, 3.8) is 0 Å². The summed E-state index contributed by atoms with van der Waals surface area (Å²) in [6.07, 6.45) is -0.353. The number of carbonyl (C=O) groups is 2. The third-order valence-electron chi connectivity index (χ3n) is 3.82. The van der Waals surface area contributed by atoms with Crippen LogP contribution >= 0.6 is 0 Å². The molecule has 0 unspecified atom stereocenters. The highest BCUT2D eigenvalue weighted by Gasteiger charge is 2.18. The Labute approximate surface area is 156 Å². The van der Waals surface area contributed by atoms with E-state index in [9.17, 15) is 22.4 Å². The number of carbonyl (C=O) groups excluding carboxylic acids is 2. The van der Waals surface area contributed by atoms with E-state index in [1.807, 2.05) is 0 Å². The summed E-state index contributed by atoms with van der Waals surface area (Å²) in [6.45, 7) is 1.26. The van der Waals surface area contributed by atoms with Crippen LogP contribution in [0.1, 0.15) is 29.3 Å². The number of esters is 1. The lowest BCUT2D eigenvalue weighted by atomic mass is 10.1. The van der Waals surface area contributed by atoms with Gasteiger partial charge in [0.1, 0.15) is 18.2 Å². The van der Waals surface area contributed by atoms with Crippen molar-refractivity contribution in [2.24, 2.45) is 0 Å². The number of benzene rings is 2. The molecule has 6 nitrogen and oxygen atoms in total. The molecule has 144 valence electrons. The molecule has 2 rings (SSSR count). The number of ketones is 1. The van der Waals surface area contributed by atoms with Gasteiger partial charge in [0.15, 0.2) is 15.6 Å². The van der Waals surface area contributed by atoms with Crippen molar-refractivity contribution in [1.82, 2.24) is 0 Å². The second-order valence-electron chi connectivity index (χ2n) is 5.77. The summed E-state index contributed by atoms with van der Waals surface area (Å²) in [5.74, 6) is -1.41. The molecule has 0 aliphatic rings. The molecule has 0 bridgehead atoms. The van der Waals surface area contributed by atoms with E-state index in [-0.39, 0.29) is 23.7 Å². The zero-order chi connectivity index (χ0) is 20.0. The van der Waals surface area contributed by atoms with E-state index in [1.54, 1.807) is 18.2 Å². The molecule has 0 saturated carbocycles. The smallest absolute Gasteiger partial charge is 0.307 e. The first-order valence-electron chi connectivity index (χ1n) is 8.05. The van der Waals surface area contributed by atoms with Crippen molar-refractivity contribution in [2.75, 3.05) is 12.9 Å². The average molecular weight is 394 g/mol. The molecule has 0 spiro atoms. The minimum absolute atomic E-state index is 0.0625. The summed E-state index contributed by atoms with van der Waals surface area (Å²) in [5.41, 5.74) is 0.945. The predicted octanol–water partition coefficient (Wildman–Crippen LogP) is 2.94. The molecule has 27 heavy (non-hydrogen) atoms. The summed E-state index contributed by atoms with van der Waals surface area (Å²) >= 11 is 0. The van der Waals surface area contributed by atoms with Crippen LogP contribution < -0.4 is 4.74 Å². The van der Waals surface area contributed by atoms with Crippen molar-refractivity contribution in [2.45, 2.75) is 24.8 Å². The number of sulfone groups is 1. The lowest BCUT2D eigenvalue weighted by Crippen LogP contribution is -2.14. The van der Waals surface area contributed by atoms with Crippen LogP contribution in [-0.2, 0) is 26.0 Å². The first-order chi connectivity index (χ1) is 12.7. The summed E-state index contributed by atoms with van der Waals surface area (Å²) in [7, 11) is -2.27. The molecular weight excluding hydrogens is 375 g/mol. The van der Waals surface area contributed by atoms with Gasteiger partial charge in [0.2, 0.25) is 0 Å². The van der Waals surface area contributed by atoms with Crippen LogP contribution in [0, 0.1) is 5.82 Å². The molecule has 0 heterocycles. The van der Waals surface area contributed by atoms with Gasteiger partial charge in [-0.25, -0.2) is 12.8 Å². The van der Waals surface area contributed by atoms with Crippen molar-refractivity contribution in [3.05, 3.63) is 59.4 Å². The monoisotopic (exact) mass is 394 g/mol. The summed E-state index contributed by atoms with van der Waals surface area (Å²) < 4.78 is 47.5. The van der Waals surface area contributed by atoms with Crippen LogP contribution in [0.3, 0.4) is 0 Å². The van der Waals surface area contributed by atoms with Crippen molar-refractivity contribution in [1.29, 1.82) is 0 Å². The minimum Gasteiger partial charge on any atom is -0.496 e. The number of ether oxygens (including phenoxy) is 2. The largest absolute Gasteiger partial charge is 0.496 e. The van der Waals surface area contributed by atoms with Gasteiger partial charge < -0.3 is 9.47 Å². The van der Waals surface area contributed by atoms with Crippen LogP contribution in [-0.4, -0.2) is 33.0 Å². The van der Waals surface area contributed by atoms with Crippen LogP contribution in [0.25, 0.3) is 0 Å². The third kappa shape index (κ3) is 5.62. The van der Waals surface area contributed by atoms with Crippen LogP contribution in [0.4, 0.5) is 4.39 Å². The van der Waals surface area contributed by atoms with Crippen LogP contribution in [0.15, 0.2) is 47.4 Å². The van der Waals surface area contributed by atoms with Gasteiger partial charge in [-0.05, 0) is 49.4 Å². The molecule has 0 aliphatic heterocycles. The van der Waals surface area contributed by atoms with Gasteiger partial charge in [0, 0.05) is 11.1 Å². The van der Waals surface area contributed by atoms with E-state index >= 15 is 0 Å². The Kier molecular flexibility index (Phi) is 6.68. The molecule has 0 N–H and O–H groups in total. The van der Waals surface area contributed by atoms with Gasteiger partial charge in [0.05, 0.1) is 24.2 Å². The highest BCUT2D eigenvalue weighted by Crippen LogP contribution is 2.21. The van der Waals surface area contributed by atoms with E-state index in [1.165, 1.54) is 14.0 Å². The van der Waals surface area contributed by atoms with E-state index in [2.05, 4.69) is 0 Å². The van der Waals surface area contributed by atoms with Crippen molar-refractivity contribution < 1.29 is 31.9 Å². The van der Waals surface area contributed by atoms with E-state index in [0.717, 1.165) is 24.3 Å². The fraction of sp³-hybridized carbons (Fsp3) is 0.263. The Bertz CT molecular complexity index is 935. The molecule has 0 saturated heterocycles. The standard InChI is InChI=1S/C19H19FO6S/c1-13(21)14-3-8-18(25-2)15(11-14)12-26-19(22)9-10-27(23,24)17-6-4-16(20)5-7-17/h3-8,11H,9-10,12H2,1-2H3. The molecular formula is C19H19FO6S. The van der Waals surface area contributed by atoms with Crippen LogP contribution in [0.2, 0.25) is 0 Å². The molecule has 0 fully saturated rings. The van der Waals surface area contributed by atoms with Crippen molar-refractivity contribution in [3.8, 4) is 5.75 Å². The van der Waals surface area contributed by atoms with Gasteiger partial charge >= 0.3 is 5.97 Å². The predicted molar refractivity (Wildman–Crippen MR) is 95.9 cm³/mol. The molecule has 2 aromatic carbocycles. The number of Topliss-reactive ketones (excluding diaryl/α,β-unsaturated/α-hetero) is 1. The summed E-state index contributed by atoms with van der Waals surface area (Å²) in [6, 6.07) is 9.13. The number of rotatable bonds is 8. The van der Waals surface area contributed by atoms with E-state index in [4.69, 9.17) is 9.47 Å². The minimum atomic E-state index is -3.72. The molecule has 0 aromatic heterocycles. The number of hydrogen-bond donors (Lipinski definition) is 0. The number of halogens is 1. The lowest BCUT2D eigenvalue weighted by Gasteiger charge is -2.11. The van der Waals surface area contributed by atoms with Gasteiger partial charge in [0.25, 0.3) is 0 Å². The first kappa shape index (κ1) is 20.6. The normalized spacial score (nSPS) is 11.1. The fourth-order valence-corrected chi connectivity index (χ4v) is 3.54. The molecule has 0 amide bonds. The molecule has 8 heteroatoms. The Balaban J connectivity index is 1.97. The molecule has 0 radical (unpaired) electrons. The maximum atomic E-state index is 12.9. The number of hydrogen-bond acceptors (Lipinski definition) is 6. The van der Waals surface area contributed by atoms with E-state index < -0.39 is 27.4 Å². The third-order valence-corrected chi connectivity index (χ3v) is 5.56. The van der Waals surface area contributed by atoms with Gasteiger partial charge in [-0.3, -0.25) is 9.59 Å². The maximum absolute atomic E-state index is 12.9. The second-order valence-corrected chi connectivity index (χ2v) is 7.88. The van der Waals surface area contributed by atoms with E-state index in [0.29, 0.717) is 16.9 Å². The summed E-state index contributed by atoms with van der Waals surface area (Å²) in [4.78, 5) is 23.3. The SMILES string of the molecule is COc1ccc(C(C)=O)cc1COC(=O)CCS(=O)(=O)c1ccc(F)cc1. The quantitative estimate of drug-likeness (QED) is 0.389. The van der Waals surface area contributed by atoms with Crippen LogP contribution in [0.5, 0.6) is 5.75 Å². The summed E-state index contributed by atoms with van der Waals surface area (Å²) in [5, 5.41) is 0. The molecule has 2 aromatic rings. The lowest BCUT2D eigenvalue weighted by molar-refractivity contribution is -0.144. The topological polar surface area (TPSA) is 86.7 Å². The first-order valence-corrected chi connectivity index (χ1v) is 9.70. The molecule has 0 aliphatic carbocycles. The average Bonchev–Trinajstić information content (AvgIpc) is 2.64. The highest BCUT2D eigenvalue weighted by atomic mass is 32.2. The zero-order valence-corrected chi connectivity index (χ0v) is 15.7. The Hall–Kier alpha value is -2.74. The highest BCUT2D eigenvalue weighted by molar-refractivity contribution is 7.91. The zero-order valence-electron chi connectivity index (χ0n) is 14.9. The Morgan fingerprint density at radius 1 is 1.07 bits per heavy atom. The molecule has 0 atom stereocenters. The fourth-order valence-electron chi connectivity index (χ4n) is 2.32. The Morgan fingerprint density at radius 2 is 1.74 bits per heavy atom. The maximum Gasteiger partial charge on any atom is 0.307 e. The van der Waals surface area contributed by atoms with Gasteiger partial charge in [-0.1, -0.05) is 0 Å². The number of methoxy groups -OCH3 is 1. The van der Waals surface area contributed by atoms with Gasteiger partial charge in [-0.2, -0.15) is 0 Å². The Morgan fingerprint density at radius 3 is 2.33 bits per heavy atom. The van der Waals surface area contributed by atoms with Crippen molar-refractivity contribution >= 4 is 21.6 Å². The van der Waals surface area contributed by atoms with Gasteiger partial charge in [-0.15, -0.1) is 0 Å².